The molecule has 1 fully saturated rings. The van der Waals surface area contributed by atoms with Crippen LogP contribution in [0.15, 0.2) is 43.1 Å². The molecule has 1 aromatic heterocycles. The minimum absolute atomic E-state index is 0.162. The lowest BCUT2D eigenvalue weighted by Gasteiger charge is -2.32. The van der Waals surface area contributed by atoms with E-state index in [0.717, 1.165) is 30.8 Å². The van der Waals surface area contributed by atoms with Gasteiger partial charge in [0.2, 0.25) is 5.91 Å². The molecule has 0 spiro atoms. The molecule has 2 amide bonds. The molecule has 1 atom stereocenters. The van der Waals surface area contributed by atoms with Gasteiger partial charge >= 0.3 is 0 Å². The summed E-state index contributed by atoms with van der Waals surface area (Å²) in [4.78, 5) is 30.8. The van der Waals surface area contributed by atoms with Gasteiger partial charge < -0.3 is 25.4 Å². The van der Waals surface area contributed by atoms with E-state index in [-0.39, 0.29) is 17.7 Å². The topological polar surface area (TPSA) is 107 Å². The molecule has 0 radical (unpaired) electrons. The van der Waals surface area contributed by atoms with Gasteiger partial charge in [0, 0.05) is 24.2 Å². The first-order chi connectivity index (χ1) is 15.0. The van der Waals surface area contributed by atoms with Crippen molar-refractivity contribution in [2.45, 2.75) is 19.3 Å². The van der Waals surface area contributed by atoms with E-state index in [9.17, 15) is 9.59 Å². The zero-order chi connectivity index (χ0) is 22.4. The van der Waals surface area contributed by atoms with Crippen molar-refractivity contribution in [2.24, 2.45) is 11.7 Å². The number of benzene rings is 1. The van der Waals surface area contributed by atoms with Crippen LogP contribution in [0.1, 0.15) is 28.8 Å². The highest BCUT2D eigenvalue weighted by Crippen LogP contribution is 2.33. The normalized spacial score (nSPS) is 15.8. The highest BCUT2D eigenvalue weighted by atomic mass is 16.5. The molecule has 0 saturated carbocycles. The molecule has 0 bridgehead atoms. The maximum Gasteiger partial charge on any atom is 0.255 e. The number of nitrogens with one attached hydrogen (secondary N) is 1. The summed E-state index contributed by atoms with van der Waals surface area (Å²) in [6, 6.07) is 7.02. The third-order valence-electron chi connectivity index (χ3n) is 5.34. The molecule has 31 heavy (non-hydrogen) atoms. The number of anilines is 2. The van der Waals surface area contributed by atoms with Gasteiger partial charge in [0.05, 0.1) is 32.0 Å². The number of methoxy groups -OCH3 is 2. The fourth-order valence-corrected chi connectivity index (χ4v) is 3.75. The number of carbonyl (C=O) groups excluding carboxylic acids is 2. The molecule has 1 saturated heterocycles. The summed E-state index contributed by atoms with van der Waals surface area (Å²) >= 11 is 0. The molecule has 8 heteroatoms. The van der Waals surface area contributed by atoms with Crippen LogP contribution in [0.25, 0.3) is 0 Å². The minimum atomic E-state index is -0.285. The molecule has 1 aromatic carbocycles. The number of piperidine rings is 1. The van der Waals surface area contributed by atoms with Crippen LogP contribution < -0.4 is 25.4 Å². The summed E-state index contributed by atoms with van der Waals surface area (Å²) in [5.41, 5.74) is 7.27. The predicted octanol–water partition coefficient (Wildman–Crippen LogP) is 2.78. The molecule has 2 aromatic rings. The van der Waals surface area contributed by atoms with Crippen LogP contribution >= 0.6 is 0 Å². The predicted molar refractivity (Wildman–Crippen MR) is 120 cm³/mol. The second kappa shape index (κ2) is 9.97. The Morgan fingerprint density at radius 2 is 2.13 bits per heavy atom. The molecule has 1 aliphatic heterocycles. The Bertz CT molecular complexity index is 959. The maximum absolute atomic E-state index is 12.8. The Kier molecular flexibility index (Phi) is 7.12. The van der Waals surface area contributed by atoms with Crippen molar-refractivity contribution in [3.8, 4) is 11.5 Å². The number of hydrogen-bond acceptors (Lipinski definition) is 6. The van der Waals surface area contributed by atoms with Gasteiger partial charge in [0.25, 0.3) is 5.91 Å². The van der Waals surface area contributed by atoms with Crippen LogP contribution in [0, 0.1) is 5.92 Å². The quantitative estimate of drug-likeness (QED) is 0.631. The van der Waals surface area contributed by atoms with Gasteiger partial charge in [-0.1, -0.05) is 6.08 Å². The van der Waals surface area contributed by atoms with Crippen LogP contribution in [0.2, 0.25) is 0 Å². The highest BCUT2D eigenvalue weighted by molar-refractivity contribution is 6.04. The van der Waals surface area contributed by atoms with Gasteiger partial charge in [-0.3, -0.25) is 9.59 Å². The lowest BCUT2D eigenvalue weighted by Crippen LogP contribution is -2.41. The highest BCUT2D eigenvalue weighted by Gasteiger charge is 2.24. The van der Waals surface area contributed by atoms with E-state index in [4.69, 9.17) is 15.2 Å². The van der Waals surface area contributed by atoms with E-state index in [2.05, 4.69) is 16.9 Å². The van der Waals surface area contributed by atoms with Gasteiger partial charge in [-0.2, -0.15) is 0 Å². The fraction of sp³-hybridized carbons (Fsp3) is 0.348. The van der Waals surface area contributed by atoms with Crippen molar-refractivity contribution >= 4 is 23.3 Å². The van der Waals surface area contributed by atoms with Gasteiger partial charge in [0.1, 0.15) is 5.82 Å². The van der Waals surface area contributed by atoms with Crippen LogP contribution in [-0.2, 0) is 11.2 Å². The SMILES string of the molecule is C=CCc1cc(C(=O)Nc2ccc(N3CCCC(C(N)=O)C3)nc2)cc(OC)c1OC. The van der Waals surface area contributed by atoms with Crippen molar-refractivity contribution in [2.75, 3.05) is 37.5 Å². The number of amides is 2. The number of allylic oxidation sites excluding steroid dienone is 1. The first-order valence-corrected chi connectivity index (χ1v) is 10.1. The zero-order valence-electron chi connectivity index (χ0n) is 17.9. The standard InChI is InChI=1S/C23H28N4O4/c1-4-6-15-11-17(12-19(30-2)21(15)31-3)23(29)26-18-8-9-20(25-13-18)27-10-5-7-16(14-27)22(24)28/h4,8-9,11-13,16H,1,5-7,10,14H2,2-3H3,(H2,24,28)(H,26,29). The summed E-state index contributed by atoms with van der Waals surface area (Å²) in [5, 5.41) is 2.86. The molecule has 3 N–H and O–H groups in total. The lowest BCUT2D eigenvalue weighted by atomic mass is 9.97. The smallest absolute Gasteiger partial charge is 0.255 e. The monoisotopic (exact) mass is 424 g/mol. The van der Waals surface area contributed by atoms with Gasteiger partial charge in [-0.15, -0.1) is 6.58 Å². The van der Waals surface area contributed by atoms with Crippen molar-refractivity contribution in [3.05, 3.63) is 54.2 Å². The Labute approximate surface area is 182 Å². The van der Waals surface area contributed by atoms with Crippen molar-refractivity contribution < 1.29 is 19.1 Å². The number of hydrogen-bond donors (Lipinski definition) is 2. The third-order valence-corrected chi connectivity index (χ3v) is 5.34. The van der Waals surface area contributed by atoms with Gasteiger partial charge in [0.15, 0.2) is 11.5 Å². The van der Waals surface area contributed by atoms with E-state index >= 15 is 0 Å². The van der Waals surface area contributed by atoms with Crippen LogP contribution in [-0.4, -0.2) is 44.1 Å². The first-order valence-electron chi connectivity index (χ1n) is 10.1. The van der Waals surface area contributed by atoms with E-state index < -0.39 is 0 Å². The average Bonchev–Trinajstić information content (AvgIpc) is 2.79. The van der Waals surface area contributed by atoms with Crippen LogP contribution in [0.5, 0.6) is 11.5 Å². The molecule has 164 valence electrons. The van der Waals surface area contributed by atoms with E-state index in [1.54, 1.807) is 37.6 Å². The summed E-state index contributed by atoms with van der Waals surface area (Å²) in [5.74, 6) is 1.09. The second-order valence-corrected chi connectivity index (χ2v) is 7.41. The number of pyridine rings is 1. The fourth-order valence-electron chi connectivity index (χ4n) is 3.75. The number of ether oxygens (including phenoxy) is 2. The zero-order valence-corrected chi connectivity index (χ0v) is 17.9. The number of nitrogens with zero attached hydrogens (tertiary/aromatic N) is 2. The first kappa shape index (κ1) is 22.1. The number of aromatic nitrogens is 1. The molecular weight excluding hydrogens is 396 g/mol. The molecule has 2 heterocycles. The van der Waals surface area contributed by atoms with E-state index in [0.29, 0.717) is 35.7 Å². The second-order valence-electron chi connectivity index (χ2n) is 7.41. The summed E-state index contributed by atoms with van der Waals surface area (Å²) < 4.78 is 10.8. The van der Waals surface area contributed by atoms with Crippen molar-refractivity contribution in [3.63, 3.8) is 0 Å². The maximum atomic E-state index is 12.8. The minimum Gasteiger partial charge on any atom is -0.493 e. The average molecular weight is 425 g/mol. The van der Waals surface area contributed by atoms with E-state index in [1.807, 2.05) is 11.0 Å². The Morgan fingerprint density at radius 1 is 1.32 bits per heavy atom. The number of carbonyl (C=O) groups is 2. The number of nitrogens with two attached hydrogens (primary N) is 1. The molecule has 1 aliphatic rings. The molecule has 1 unspecified atom stereocenters. The molecular formula is C23H28N4O4. The summed E-state index contributed by atoms with van der Waals surface area (Å²) in [6.07, 6.45) is 5.58. The number of rotatable bonds is 8. The van der Waals surface area contributed by atoms with Crippen LogP contribution in [0.3, 0.4) is 0 Å². The number of primary amides is 1. The van der Waals surface area contributed by atoms with Gasteiger partial charge in [-0.05, 0) is 43.5 Å². The Balaban J connectivity index is 1.74. The Hall–Kier alpha value is -3.55. The third kappa shape index (κ3) is 5.14. The van der Waals surface area contributed by atoms with Crippen LogP contribution in [0.4, 0.5) is 11.5 Å². The Morgan fingerprint density at radius 3 is 2.74 bits per heavy atom. The van der Waals surface area contributed by atoms with Gasteiger partial charge in [-0.25, -0.2) is 4.98 Å². The largest absolute Gasteiger partial charge is 0.493 e. The summed E-state index contributed by atoms with van der Waals surface area (Å²) in [7, 11) is 3.09. The van der Waals surface area contributed by atoms with E-state index in [1.165, 1.54) is 7.11 Å². The summed E-state index contributed by atoms with van der Waals surface area (Å²) in [6.45, 7) is 5.14. The van der Waals surface area contributed by atoms with Crippen molar-refractivity contribution in [1.29, 1.82) is 0 Å². The van der Waals surface area contributed by atoms with Crippen molar-refractivity contribution in [1.82, 2.24) is 4.98 Å². The molecule has 8 nitrogen and oxygen atoms in total. The molecule has 0 aliphatic carbocycles. The molecule has 3 rings (SSSR count). The lowest BCUT2D eigenvalue weighted by molar-refractivity contribution is -0.122.